The summed E-state index contributed by atoms with van der Waals surface area (Å²) < 4.78 is 128. The number of hydrogen-bond acceptors (Lipinski definition) is 20. The molecular weight excluding hydrogens is 678 g/mol. The summed E-state index contributed by atoms with van der Waals surface area (Å²) in [6, 6.07) is -2.31. The summed E-state index contributed by atoms with van der Waals surface area (Å²) in [5.74, 6) is -2.16. The van der Waals surface area contributed by atoms with E-state index in [1.165, 1.54) is 4.72 Å². The van der Waals surface area contributed by atoms with Crippen molar-refractivity contribution in [1.82, 2.24) is 4.72 Å². The van der Waals surface area contributed by atoms with Crippen molar-refractivity contribution in [2.24, 2.45) is 0 Å². The Labute approximate surface area is 322 Å². The van der Waals surface area contributed by atoms with Gasteiger partial charge >= 0.3 is 118 Å². The van der Waals surface area contributed by atoms with Gasteiger partial charge in [-0.3, -0.25) is 8.37 Å². The van der Waals surface area contributed by atoms with Gasteiger partial charge in [0.05, 0.1) is 12.6 Å². The standard InChI is InChI=1S/C13H23NO20S3.4Na/c1-29-13-9(34-37(26,27)28)7(17)8(10(33-13)11(18)19)32-12-4(14-35(20,21)22)6(16)5(15)3(31-12)2-30-36(23,24)25;;;;/h3-10,12-17H,2H2,1H3,(H,18,19)(H,20,21,22)(H,23,24,25)(H,26,27,28);;;;/q;4*+1/p-4/t3-,4-,5-,6-,7+,8+,9-,10-,12-,13-;;;;/m1..../s1. The van der Waals surface area contributed by atoms with Gasteiger partial charge in [-0.15, -0.1) is 0 Å². The summed E-state index contributed by atoms with van der Waals surface area (Å²) in [5.41, 5.74) is 0. The molecule has 2 fully saturated rings. The van der Waals surface area contributed by atoms with Crippen LogP contribution in [0.25, 0.3) is 0 Å². The van der Waals surface area contributed by atoms with Gasteiger partial charge in [0.25, 0.3) is 0 Å². The average molecular weight is 697 g/mol. The summed E-state index contributed by atoms with van der Waals surface area (Å²) in [6.07, 6.45) is -20.8. The van der Waals surface area contributed by atoms with Crippen LogP contribution < -0.4 is 128 Å². The normalized spacial score (nSPS) is 34.1. The number of aliphatic hydroxyl groups excluding tert-OH is 3. The molecule has 2 rings (SSSR count). The average Bonchev–Trinajstić information content (AvgIpc) is 2.72. The number of aliphatic hydroxyl groups is 3. The van der Waals surface area contributed by atoms with E-state index in [1.807, 2.05) is 0 Å². The minimum atomic E-state index is -5.60. The van der Waals surface area contributed by atoms with Crippen LogP contribution in [0.2, 0.25) is 0 Å². The Balaban J connectivity index is -0.00000361. The van der Waals surface area contributed by atoms with Gasteiger partial charge in [-0.05, 0) is 0 Å². The summed E-state index contributed by atoms with van der Waals surface area (Å²) in [6.45, 7) is -1.32. The second-order valence-electron chi connectivity index (χ2n) is 7.35. The molecule has 0 spiro atoms. The molecule has 41 heavy (non-hydrogen) atoms. The molecular formula is C13H19NNa4O20S3. The first kappa shape index (κ1) is 48.2. The molecule has 0 aliphatic carbocycles. The maximum Gasteiger partial charge on any atom is 1.00 e. The number of carboxylic acid groups (broad SMARTS) is 1. The number of ether oxygens (including phenoxy) is 4. The third-order valence-corrected chi connectivity index (χ3v) is 6.31. The zero-order chi connectivity index (χ0) is 28.5. The Bertz CT molecular complexity index is 1140. The Kier molecular flexibility index (Phi) is 23.0. The fourth-order valence-electron chi connectivity index (χ4n) is 3.38. The molecule has 0 aromatic carbocycles. The maximum atomic E-state index is 11.6. The molecule has 2 aliphatic rings. The smallest absolute Gasteiger partial charge is 0.735 e. The van der Waals surface area contributed by atoms with Gasteiger partial charge in [-0.1, -0.05) is 0 Å². The number of carbonyl (C=O) groups excluding carboxylic acids is 1. The van der Waals surface area contributed by atoms with Crippen molar-refractivity contribution < 1.29 is 210 Å². The molecule has 4 N–H and O–H groups in total. The summed E-state index contributed by atoms with van der Waals surface area (Å²) in [7, 11) is -15.7. The van der Waals surface area contributed by atoms with E-state index in [0.29, 0.717) is 0 Å². The Hall–Kier alpha value is 2.80. The molecule has 0 aromatic heterocycles. The van der Waals surface area contributed by atoms with E-state index in [1.54, 1.807) is 0 Å². The van der Waals surface area contributed by atoms with Crippen molar-refractivity contribution in [2.45, 2.75) is 61.3 Å². The van der Waals surface area contributed by atoms with Crippen molar-refractivity contribution >= 4 is 37.1 Å². The van der Waals surface area contributed by atoms with Crippen LogP contribution in [0, 0.1) is 0 Å². The Morgan fingerprint density at radius 3 is 1.78 bits per heavy atom. The van der Waals surface area contributed by atoms with Crippen LogP contribution in [0.15, 0.2) is 0 Å². The van der Waals surface area contributed by atoms with Gasteiger partial charge in [0, 0.05) is 7.11 Å². The Morgan fingerprint density at radius 1 is 0.829 bits per heavy atom. The molecule has 2 saturated heterocycles. The summed E-state index contributed by atoms with van der Waals surface area (Å²) >= 11 is 0. The number of hydrogen-bond donors (Lipinski definition) is 4. The predicted molar refractivity (Wildman–Crippen MR) is 99.1 cm³/mol. The maximum absolute atomic E-state index is 11.6. The predicted octanol–water partition coefficient (Wildman–Crippen LogP) is -19.9. The van der Waals surface area contributed by atoms with Crippen molar-refractivity contribution in [2.75, 3.05) is 13.7 Å². The molecule has 218 valence electrons. The number of rotatable bonds is 11. The first-order chi connectivity index (χ1) is 16.7. The molecule has 2 aliphatic heterocycles. The minimum absolute atomic E-state index is 0. The molecule has 0 radical (unpaired) electrons. The molecule has 28 heteroatoms. The third-order valence-electron chi connectivity index (χ3n) is 4.86. The molecule has 0 bridgehead atoms. The van der Waals surface area contributed by atoms with Crippen LogP contribution in [0.5, 0.6) is 0 Å². The molecule has 10 atom stereocenters. The van der Waals surface area contributed by atoms with Gasteiger partial charge in [-0.2, -0.15) is 0 Å². The van der Waals surface area contributed by atoms with Crippen LogP contribution in [-0.4, -0.2) is 135 Å². The monoisotopic (exact) mass is 697 g/mol. The minimum Gasteiger partial charge on any atom is -0.735 e. The molecule has 0 unspecified atom stereocenters. The first-order valence-electron chi connectivity index (χ1n) is 9.46. The zero-order valence-electron chi connectivity index (χ0n) is 22.0. The summed E-state index contributed by atoms with van der Waals surface area (Å²) in [4.78, 5) is 11.6. The quantitative estimate of drug-likeness (QED) is 0.0884. The van der Waals surface area contributed by atoms with Gasteiger partial charge in [-0.25, -0.2) is 30.0 Å². The number of carbonyl (C=O) groups is 1. The fourth-order valence-corrected chi connectivity index (χ4v) is 4.74. The molecule has 0 aromatic rings. The Morgan fingerprint density at radius 2 is 1.37 bits per heavy atom. The van der Waals surface area contributed by atoms with Crippen molar-refractivity contribution in [1.29, 1.82) is 0 Å². The number of methoxy groups -OCH3 is 1. The van der Waals surface area contributed by atoms with Crippen LogP contribution >= 0.6 is 0 Å². The van der Waals surface area contributed by atoms with E-state index in [2.05, 4.69) is 13.1 Å². The van der Waals surface area contributed by atoms with E-state index in [4.69, 9.17) is 14.2 Å². The van der Waals surface area contributed by atoms with E-state index in [-0.39, 0.29) is 118 Å². The van der Waals surface area contributed by atoms with Gasteiger partial charge in [0.1, 0.15) is 42.7 Å². The van der Waals surface area contributed by atoms with E-state index < -0.39 is 105 Å². The number of aliphatic carboxylic acids is 1. The fraction of sp³-hybridized carbons (Fsp3) is 0.923. The van der Waals surface area contributed by atoms with E-state index >= 15 is 0 Å². The van der Waals surface area contributed by atoms with E-state index in [0.717, 1.165) is 7.11 Å². The number of carboxylic acids is 1. The number of nitrogens with one attached hydrogen (secondary N) is 1. The van der Waals surface area contributed by atoms with Crippen LogP contribution in [0.1, 0.15) is 0 Å². The van der Waals surface area contributed by atoms with Gasteiger partial charge in [0.15, 0.2) is 29.0 Å². The van der Waals surface area contributed by atoms with Crippen LogP contribution in [0.3, 0.4) is 0 Å². The van der Waals surface area contributed by atoms with Crippen molar-refractivity contribution in [3.63, 3.8) is 0 Å². The van der Waals surface area contributed by atoms with Crippen molar-refractivity contribution in [3.05, 3.63) is 0 Å². The first-order valence-corrected chi connectivity index (χ1v) is 13.5. The summed E-state index contributed by atoms with van der Waals surface area (Å²) in [5, 5.41) is 42.5. The third kappa shape index (κ3) is 15.1. The second kappa shape index (κ2) is 19.6. The van der Waals surface area contributed by atoms with Gasteiger partial charge in [0.2, 0.25) is 20.8 Å². The van der Waals surface area contributed by atoms with E-state index in [9.17, 15) is 64.1 Å². The molecule has 0 amide bonds. The van der Waals surface area contributed by atoms with Crippen LogP contribution in [-0.2, 0) is 63.2 Å². The molecule has 21 nitrogen and oxygen atoms in total. The topological polar surface area (TPSA) is 340 Å². The van der Waals surface area contributed by atoms with Crippen LogP contribution in [0.4, 0.5) is 0 Å². The largest absolute Gasteiger partial charge is 1.00 e. The molecule has 0 saturated carbocycles. The van der Waals surface area contributed by atoms with Gasteiger partial charge < -0.3 is 57.8 Å². The SMILES string of the molecule is CO[C@@H]1O[C@@H](C(=O)[O-])[C@@H](O[C@H]2O[C@H](COS(=O)(=O)[O-])[C@@H](O)[C@H](O)[C@H]2NS(=O)(=O)[O-])[C@H](O)[C@H]1OS(=O)(=O)[O-].[Na+].[Na+].[Na+].[Na+]. The molecule has 2 heterocycles. The van der Waals surface area contributed by atoms with Crippen molar-refractivity contribution in [3.8, 4) is 0 Å². The second-order valence-corrected chi connectivity index (χ2v) is 10.6. The zero-order valence-corrected chi connectivity index (χ0v) is 32.4.